The number of hydrogen-bond donors (Lipinski definition) is 1. The highest BCUT2D eigenvalue weighted by Gasteiger charge is 2.17. The summed E-state index contributed by atoms with van der Waals surface area (Å²) < 4.78 is 0. The van der Waals surface area contributed by atoms with Gasteiger partial charge in [0.15, 0.2) is 0 Å². The van der Waals surface area contributed by atoms with Gasteiger partial charge in [-0.2, -0.15) is 0 Å². The maximum Gasteiger partial charge on any atom is 0.0740 e. The summed E-state index contributed by atoms with van der Waals surface area (Å²) in [5.41, 5.74) is 5.48. The Kier molecular flexibility index (Phi) is 4.67. The first-order valence-electron chi connectivity index (χ1n) is 5.18. The van der Waals surface area contributed by atoms with Gasteiger partial charge in [-0.05, 0) is 19.9 Å². The van der Waals surface area contributed by atoms with E-state index in [1.807, 2.05) is 0 Å². The number of nitrogens with zero attached hydrogens (tertiary/aromatic N) is 1. The molecule has 0 spiro atoms. The van der Waals surface area contributed by atoms with Gasteiger partial charge in [0.1, 0.15) is 0 Å². The van der Waals surface area contributed by atoms with Crippen LogP contribution in [0.3, 0.4) is 0 Å². The van der Waals surface area contributed by atoms with Gasteiger partial charge in [0.2, 0.25) is 0 Å². The van der Waals surface area contributed by atoms with Crippen molar-refractivity contribution < 1.29 is 0 Å². The molecule has 3 heteroatoms. The molecule has 1 aliphatic rings. The van der Waals surface area contributed by atoms with Crippen molar-refractivity contribution in [3.05, 3.63) is 0 Å². The van der Waals surface area contributed by atoms with Gasteiger partial charge < -0.3 is 10.6 Å². The van der Waals surface area contributed by atoms with Crippen molar-refractivity contribution in [3.8, 4) is 0 Å². The van der Waals surface area contributed by atoms with Crippen molar-refractivity contribution in [1.29, 1.82) is 0 Å². The molecule has 0 atom stereocenters. The molecule has 0 aromatic heterocycles. The lowest BCUT2D eigenvalue weighted by Crippen LogP contribution is -2.35. The summed E-state index contributed by atoms with van der Waals surface area (Å²) in [6.45, 7) is 1.03. The third-order valence-electron chi connectivity index (χ3n) is 2.91. The summed E-state index contributed by atoms with van der Waals surface area (Å²) >= 11 is 4.87. The predicted molar refractivity (Wildman–Crippen MR) is 60.9 cm³/mol. The maximum atomic E-state index is 5.48. The highest BCUT2D eigenvalue weighted by molar-refractivity contribution is 7.80. The van der Waals surface area contributed by atoms with Crippen molar-refractivity contribution in [2.24, 2.45) is 5.73 Å². The van der Waals surface area contributed by atoms with Crippen molar-refractivity contribution in [3.63, 3.8) is 0 Å². The standard InChI is InChI=1S/C10H20N2S/c1-12(8-7-10(11)13)9-5-3-2-4-6-9/h9H,2-8H2,1H3,(H2,11,13). The van der Waals surface area contributed by atoms with Crippen molar-refractivity contribution in [2.45, 2.75) is 44.6 Å². The van der Waals surface area contributed by atoms with E-state index in [-0.39, 0.29) is 0 Å². The van der Waals surface area contributed by atoms with Gasteiger partial charge in [-0.3, -0.25) is 0 Å². The van der Waals surface area contributed by atoms with Crippen LogP contribution >= 0.6 is 12.2 Å². The first kappa shape index (κ1) is 10.9. The van der Waals surface area contributed by atoms with E-state index < -0.39 is 0 Å². The Bertz CT molecular complexity index is 164. The molecule has 0 radical (unpaired) electrons. The van der Waals surface area contributed by atoms with Crippen molar-refractivity contribution in [1.82, 2.24) is 4.90 Å². The molecule has 0 bridgehead atoms. The van der Waals surface area contributed by atoms with Crippen LogP contribution in [0.1, 0.15) is 38.5 Å². The molecule has 0 amide bonds. The Hall–Kier alpha value is -0.150. The molecule has 0 saturated heterocycles. The molecular formula is C10H20N2S. The maximum absolute atomic E-state index is 5.48. The summed E-state index contributed by atoms with van der Waals surface area (Å²) in [6, 6.07) is 0.781. The molecule has 0 unspecified atom stereocenters. The third kappa shape index (κ3) is 4.05. The molecular weight excluding hydrogens is 180 g/mol. The Morgan fingerprint density at radius 3 is 2.54 bits per heavy atom. The summed E-state index contributed by atoms with van der Waals surface area (Å²) in [5, 5.41) is 0. The minimum Gasteiger partial charge on any atom is -0.393 e. The lowest BCUT2D eigenvalue weighted by Gasteiger charge is -2.30. The van der Waals surface area contributed by atoms with Gasteiger partial charge in [0, 0.05) is 19.0 Å². The second-order valence-corrected chi connectivity index (χ2v) is 4.51. The fourth-order valence-corrected chi connectivity index (χ4v) is 2.08. The van der Waals surface area contributed by atoms with Gasteiger partial charge in [-0.15, -0.1) is 0 Å². The summed E-state index contributed by atoms with van der Waals surface area (Å²) in [6.07, 6.45) is 7.77. The minimum atomic E-state index is 0.641. The topological polar surface area (TPSA) is 29.3 Å². The minimum absolute atomic E-state index is 0.641. The molecule has 0 aromatic rings. The van der Waals surface area contributed by atoms with Crippen LogP contribution in [0.4, 0.5) is 0 Å². The lowest BCUT2D eigenvalue weighted by atomic mass is 9.94. The number of nitrogens with two attached hydrogens (primary N) is 1. The van der Waals surface area contributed by atoms with E-state index in [9.17, 15) is 0 Å². The van der Waals surface area contributed by atoms with Crippen LogP contribution in [0.5, 0.6) is 0 Å². The Morgan fingerprint density at radius 2 is 2.00 bits per heavy atom. The van der Waals surface area contributed by atoms with E-state index in [0.29, 0.717) is 4.99 Å². The van der Waals surface area contributed by atoms with Crippen LogP contribution in [-0.2, 0) is 0 Å². The second kappa shape index (κ2) is 5.55. The monoisotopic (exact) mass is 200 g/mol. The van der Waals surface area contributed by atoms with E-state index in [1.54, 1.807) is 0 Å². The lowest BCUT2D eigenvalue weighted by molar-refractivity contribution is 0.196. The van der Waals surface area contributed by atoms with Gasteiger partial charge in [-0.25, -0.2) is 0 Å². The molecule has 2 N–H and O–H groups in total. The molecule has 0 heterocycles. The van der Waals surface area contributed by atoms with Gasteiger partial charge in [0.25, 0.3) is 0 Å². The molecule has 2 nitrogen and oxygen atoms in total. The molecule has 1 rings (SSSR count). The zero-order valence-corrected chi connectivity index (χ0v) is 9.28. The zero-order valence-electron chi connectivity index (χ0n) is 8.46. The second-order valence-electron chi connectivity index (χ2n) is 3.99. The molecule has 0 aliphatic heterocycles. The largest absolute Gasteiger partial charge is 0.393 e. The van der Waals surface area contributed by atoms with E-state index in [1.165, 1.54) is 32.1 Å². The van der Waals surface area contributed by atoms with Crippen LogP contribution in [0.25, 0.3) is 0 Å². The SMILES string of the molecule is CN(CCC(N)=S)C1CCCCC1. The number of thiocarbonyl (C=S) groups is 1. The third-order valence-corrected chi connectivity index (χ3v) is 3.11. The molecule has 0 aromatic carbocycles. The summed E-state index contributed by atoms with van der Waals surface area (Å²) in [4.78, 5) is 3.06. The van der Waals surface area contributed by atoms with E-state index >= 15 is 0 Å². The normalized spacial score (nSPS) is 19.2. The van der Waals surface area contributed by atoms with E-state index in [2.05, 4.69) is 11.9 Å². The fourth-order valence-electron chi connectivity index (χ4n) is 1.99. The highest BCUT2D eigenvalue weighted by Crippen LogP contribution is 2.21. The Morgan fingerprint density at radius 1 is 1.38 bits per heavy atom. The first-order chi connectivity index (χ1) is 6.20. The highest BCUT2D eigenvalue weighted by atomic mass is 32.1. The van der Waals surface area contributed by atoms with Crippen LogP contribution in [-0.4, -0.2) is 29.5 Å². The molecule has 1 fully saturated rings. The molecule has 76 valence electrons. The van der Waals surface area contributed by atoms with E-state index in [4.69, 9.17) is 18.0 Å². The van der Waals surface area contributed by atoms with Crippen LogP contribution < -0.4 is 5.73 Å². The van der Waals surface area contributed by atoms with Crippen molar-refractivity contribution >= 4 is 17.2 Å². The quantitative estimate of drug-likeness (QED) is 0.703. The number of rotatable bonds is 4. The molecule has 13 heavy (non-hydrogen) atoms. The first-order valence-corrected chi connectivity index (χ1v) is 5.59. The van der Waals surface area contributed by atoms with Crippen LogP contribution in [0.15, 0.2) is 0 Å². The van der Waals surface area contributed by atoms with Crippen LogP contribution in [0, 0.1) is 0 Å². The Balaban J connectivity index is 2.20. The Labute approximate surface area is 86.5 Å². The fraction of sp³-hybridized carbons (Fsp3) is 0.900. The molecule has 1 aliphatic carbocycles. The summed E-state index contributed by atoms with van der Waals surface area (Å²) in [5.74, 6) is 0. The average molecular weight is 200 g/mol. The van der Waals surface area contributed by atoms with Crippen molar-refractivity contribution in [2.75, 3.05) is 13.6 Å². The number of hydrogen-bond acceptors (Lipinski definition) is 2. The smallest absolute Gasteiger partial charge is 0.0740 e. The van der Waals surface area contributed by atoms with E-state index in [0.717, 1.165) is 19.0 Å². The average Bonchev–Trinajstić information content (AvgIpc) is 2.15. The molecule has 1 saturated carbocycles. The van der Waals surface area contributed by atoms with Gasteiger partial charge in [-0.1, -0.05) is 31.5 Å². The predicted octanol–water partition coefficient (Wildman–Crippen LogP) is 1.93. The summed E-state index contributed by atoms with van der Waals surface area (Å²) in [7, 11) is 2.19. The van der Waals surface area contributed by atoms with Gasteiger partial charge >= 0.3 is 0 Å². The zero-order chi connectivity index (χ0) is 9.68. The van der Waals surface area contributed by atoms with Crippen LogP contribution in [0.2, 0.25) is 0 Å². The van der Waals surface area contributed by atoms with Gasteiger partial charge in [0.05, 0.1) is 4.99 Å².